The highest BCUT2D eigenvalue weighted by molar-refractivity contribution is 5.87. The molecule has 0 saturated heterocycles. The number of nitrogens with one attached hydrogen (secondary N) is 1. The molecule has 2 rings (SSSR count). The zero-order valence-electron chi connectivity index (χ0n) is 10.9. The second-order valence-corrected chi connectivity index (χ2v) is 4.40. The number of hydrogen-bond donors (Lipinski definition) is 2. The van der Waals surface area contributed by atoms with Gasteiger partial charge in [0, 0.05) is 25.5 Å². The molecule has 0 unspecified atom stereocenters. The summed E-state index contributed by atoms with van der Waals surface area (Å²) in [7, 11) is 3.97. The van der Waals surface area contributed by atoms with Crippen LogP contribution < -0.4 is 10.2 Å². The van der Waals surface area contributed by atoms with Crippen LogP contribution in [-0.2, 0) is 6.54 Å². The van der Waals surface area contributed by atoms with Crippen molar-refractivity contribution in [1.82, 2.24) is 0 Å². The monoisotopic (exact) mass is 260 g/mol. The van der Waals surface area contributed by atoms with E-state index in [-0.39, 0.29) is 5.56 Å². The first kappa shape index (κ1) is 13.0. The van der Waals surface area contributed by atoms with Crippen molar-refractivity contribution in [3.63, 3.8) is 0 Å². The van der Waals surface area contributed by atoms with E-state index >= 15 is 0 Å². The number of rotatable bonds is 5. The fourth-order valence-corrected chi connectivity index (χ4v) is 1.65. The molecule has 0 spiro atoms. The van der Waals surface area contributed by atoms with Crippen molar-refractivity contribution in [1.29, 1.82) is 0 Å². The minimum Gasteiger partial charge on any atom is -0.478 e. The summed E-state index contributed by atoms with van der Waals surface area (Å²) in [5.74, 6) is -0.389. The van der Waals surface area contributed by atoms with Gasteiger partial charge in [-0.05, 0) is 30.3 Å². The summed E-state index contributed by atoms with van der Waals surface area (Å²) in [6.07, 6.45) is 1.24. The average Bonchev–Trinajstić information content (AvgIpc) is 2.86. The van der Waals surface area contributed by atoms with Crippen molar-refractivity contribution in [2.45, 2.75) is 6.54 Å². The van der Waals surface area contributed by atoms with Gasteiger partial charge in [-0.15, -0.1) is 0 Å². The predicted molar refractivity (Wildman–Crippen MR) is 73.8 cm³/mol. The molecule has 1 heterocycles. The molecule has 1 aromatic carbocycles. The fourth-order valence-electron chi connectivity index (χ4n) is 1.65. The van der Waals surface area contributed by atoms with Crippen LogP contribution in [0.25, 0.3) is 0 Å². The van der Waals surface area contributed by atoms with Crippen LogP contribution in [-0.4, -0.2) is 25.2 Å². The lowest BCUT2D eigenvalue weighted by molar-refractivity contribution is 0.0696. The maximum absolute atomic E-state index is 10.7. The van der Waals surface area contributed by atoms with Crippen molar-refractivity contribution in [2.75, 3.05) is 24.3 Å². The maximum atomic E-state index is 10.7. The predicted octanol–water partition coefficient (Wildman–Crippen LogP) is 2.66. The minimum absolute atomic E-state index is 0.166. The smallest absolute Gasteiger partial charge is 0.338 e. The zero-order valence-corrected chi connectivity index (χ0v) is 10.9. The van der Waals surface area contributed by atoms with Crippen LogP contribution in [0.1, 0.15) is 16.1 Å². The molecule has 2 N–H and O–H groups in total. The van der Waals surface area contributed by atoms with Gasteiger partial charge >= 0.3 is 5.97 Å². The quantitative estimate of drug-likeness (QED) is 0.865. The van der Waals surface area contributed by atoms with Gasteiger partial charge in [-0.25, -0.2) is 4.79 Å². The Balaban J connectivity index is 1.96. The lowest BCUT2D eigenvalue weighted by Gasteiger charge is -2.13. The van der Waals surface area contributed by atoms with Crippen molar-refractivity contribution in [2.24, 2.45) is 0 Å². The van der Waals surface area contributed by atoms with Crippen LogP contribution in [0.4, 0.5) is 11.4 Å². The van der Waals surface area contributed by atoms with E-state index in [0.29, 0.717) is 12.3 Å². The second kappa shape index (κ2) is 5.48. The maximum Gasteiger partial charge on any atom is 0.338 e. The van der Waals surface area contributed by atoms with E-state index in [1.54, 1.807) is 0 Å². The summed E-state index contributed by atoms with van der Waals surface area (Å²) < 4.78 is 5.16. The van der Waals surface area contributed by atoms with E-state index in [9.17, 15) is 4.79 Å². The molecule has 5 heteroatoms. The third kappa shape index (κ3) is 3.28. The molecule has 0 bridgehead atoms. The van der Waals surface area contributed by atoms with Gasteiger partial charge in [-0.2, -0.15) is 0 Å². The molecule has 0 saturated carbocycles. The molecule has 1 aromatic heterocycles. The van der Waals surface area contributed by atoms with Gasteiger partial charge in [0.25, 0.3) is 0 Å². The van der Waals surface area contributed by atoms with Gasteiger partial charge in [0.1, 0.15) is 12.0 Å². The normalized spacial score (nSPS) is 10.2. The minimum atomic E-state index is -0.981. The third-order valence-electron chi connectivity index (χ3n) is 2.75. The van der Waals surface area contributed by atoms with Crippen LogP contribution in [0.5, 0.6) is 0 Å². The number of benzene rings is 1. The highest BCUT2D eigenvalue weighted by Gasteiger charge is 2.07. The molecule has 2 aromatic rings. The average molecular weight is 260 g/mol. The van der Waals surface area contributed by atoms with Gasteiger partial charge in [0.15, 0.2) is 0 Å². The lowest BCUT2D eigenvalue weighted by atomic mass is 10.2. The summed E-state index contributed by atoms with van der Waals surface area (Å²) in [5.41, 5.74) is 2.25. The van der Waals surface area contributed by atoms with Gasteiger partial charge in [0.05, 0.1) is 12.1 Å². The van der Waals surface area contributed by atoms with Gasteiger partial charge in [-0.1, -0.05) is 0 Å². The molecule has 0 fully saturated rings. The van der Waals surface area contributed by atoms with Crippen LogP contribution >= 0.6 is 0 Å². The number of carboxylic acids is 1. The van der Waals surface area contributed by atoms with E-state index in [4.69, 9.17) is 9.52 Å². The Hall–Kier alpha value is -2.43. The number of carboxylic acid groups (broad SMARTS) is 1. The number of aromatic carboxylic acids is 1. The van der Waals surface area contributed by atoms with Crippen LogP contribution in [0.3, 0.4) is 0 Å². The number of nitrogens with zero attached hydrogens (tertiary/aromatic N) is 1. The van der Waals surface area contributed by atoms with E-state index in [2.05, 4.69) is 5.32 Å². The number of anilines is 2. The Kier molecular flexibility index (Phi) is 3.75. The first-order chi connectivity index (χ1) is 9.06. The molecule has 0 amide bonds. The molecular weight excluding hydrogens is 244 g/mol. The molecule has 19 heavy (non-hydrogen) atoms. The number of hydrogen-bond acceptors (Lipinski definition) is 4. The Morgan fingerprint density at radius 2 is 2.00 bits per heavy atom. The molecule has 5 nitrogen and oxygen atoms in total. The summed E-state index contributed by atoms with van der Waals surface area (Å²) in [4.78, 5) is 12.7. The Labute approximate surface area is 111 Å². The standard InChI is InChI=1S/C14H16N2O3/c1-16(2)12-5-3-11(4-6-12)15-8-13-7-10(9-19-13)14(17)18/h3-7,9,15H,8H2,1-2H3,(H,17,18). The Bertz CT molecular complexity index is 558. The SMILES string of the molecule is CN(C)c1ccc(NCc2cc(C(=O)O)co2)cc1. The van der Waals surface area contributed by atoms with Crippen molar-refractivity contribution >= 4 is 17.3 Å². The number of carbonyl (C=O) groups is 1. The first-order valence-corrected chi connectivity index (χ1v) is 5.88. The molecule has 0 aliphatic carbocycles. The van der Waals surface area contributed by atoms with Crippen molar-refractivity contribution < 1.29 is 14.3 Å². The zero-order chi connectivity index (χ0) is 13.8. The Morgan fingerprint density at radius 3 is 2.53 bits per heavy atom. The lowest BCUT2D eigenvalue weighted by Crippen LogP contribution is -2.08. The molecular formula is C14H16N2O3. The van der Waals surface area contributed by atoms with Gasteiger partial charge in [-0.3, -0.25) is 0 Å². The summed E-state index contributed by atoms with van der Waals surface area (Å²) >= 11 is 0. The molecule has 0 aliphatic rings. The largest absolute Gasteiger partial charge is 0.478 e. The second-order valence-electron chi connectivity index (χ2n) is 4.40. The topological polar surface area (TPSA) is 65.7 Å². The first-order valence-electron chi connectivity index (χ1n) is 5.88. The fraction of sp³-hybridized carbons (Fsp3) is 0.214. The Morgan fingerprint density at radius 1 is 1.32 bits per heavy atom. The molecule has 0 aliphatic heterocycles. The molecule has 0 radical (unpaired) electrons. The summed E-state index contributed by atoms with van der Waals surface area (Å²) in [5, 5.41) is 12.0. The van der Waals surface area contributed by atoms with Crippen molar-refractivity contribution in [3.05, 3.63) is 47.9 Å². The van der Waals surface area contributed by atoms with E-state index < -0.39 is 5.97 Å². The van der Waals surface area contributed by atoms with Crippen LogP contribution in [0, 0.1) is 0 Å². The van der Waals surface area contributed by atoms with E-state index in [1.807, 2.05) is 43.3 Å². The molecule has 0 atom stereocenters. The van der Waals surface area contributed by atoms with E-state index in [0.717, 1.165) is 11.4 Å². The highest BCUT2D eigenvalue weighted by Crippen LogP contribution is 2.17. The van der Waals surface area contributed by atoms with Gasteiger partial charge < -0.3 is 19.7 Å². The highest BCUT2D eigenvalue weighted by atomic mass is 16.4. The summed E-state index contributed by atoms with van der Waals surface area (Å²) in [6, 6.07) is 9.47. The summed E-state index contributed by atoms with van der Waals surface area (Å²) in [6.45, 7) is 0.453. The third-order valence-corrected chi connectivity index (χ3v) is 2.75. The van der Waals surface area contributed by atoms with E-state index in [1.165, 1.54) is 12.3 Å². The molecule has 100 valence electrons. The van der Waals surface area contributed by atoms with Gasteiger partial charge in [0.2, 0.25) is 0 Å². The number of furan rings is 1. The van der Waals surface area contributed by atoms with Crippen LogP contribution in [0.2, 0.25) is 0 Å². The van der Waals surface area contributed by atoms with Crippen LogP contribution in [0.15, 0.2) is 41.0 Å². The van der Waals surface area contributed by atoms with Crippen molar-refractivity contribution in [3.8, 4) is 0 Å².